The van der Waals surface area contributed by atoms with E-state index >= 15 is 0 Å². The van der Waals surface area contributed by atoms with Crippen LogP contribution in [-0.2, 0) is 47.6 Å². The van der Waals surface area contributed by atoms with Gasteiger partial charge in [0, 0.05) is 77.5 Å². The van der Waals surface area contributed by atoms with Gasteiger partial charge in [0.25, 0.3) is 11.7 Å². The number of ether oxygens (including phenoxy) is 6. The second-order valence-corrected chi connectivity index (χ2v) is 21.0. The Bertz CT molecular complexity index is 1890. The average Bonchev–Trinajstić information content (AvgIpc) is 3.35. The molecule has 4 rings (SSSR count). The van der Waals surface area contributed by atoms with Gasteiger partial charge in [-0.1, -0.05) is 64.2 Å². The van der Waals surface area contributed by atoms with E-state index in [2.05, 4.69) is 5.92 Å². The fraction of sp³-hybridized carbons (Fsp3) is 0.750. The summed E-state index contributed by atoms with van der Waals surface area (Å²) in [4.78, 5) is 58.1. The van der Waals surface area contributed by atoms with Crippen LogP contribution in [-0.4, -0.2) is 145 Å². The summed E-state index contributed by atoms with van der Waals surface area (Å²) in [5.74, 6) is -4.63. The van der Waals surface area contributed by atoms with E-state index in [0.29, 0.717) is 70.0 Å². The van der Waals surface area contributed by atoms with Gasteiger partial charge in [-0.3, -0.25) is 14.4 Å². The molecule has 1 amide bonds. The number of nitrogens with two attached hydrogens (primary N) is 1. The fourth-order valence-corrected chi connectivity index (χ4v) is 10.8. The van der Waals surface area contributed by atoms with Crippen LogP contribution in [0.3, 0.4) is 0 Å². The maximum Gasteiger partial charge on any atom is 0.329 e. The smallest absolute Gasteiger partial charge is 0.329 e. The molecule has 71 heavy (non-hydrogen) atoms. The van der Waals surface area contributed by atoms with Crippen molar-refractivity contribution in [3.05, 3.63) is 47.6 Å². The summed E-state index contributed by atoms with van der Waals surface area (Å²) < 4.78 is 36.0. The summed E-state index contributed by atoms with van der Waals surface area (Å²) >= 11 is 0. The monoisotopic (exact) mass is 997 g/mol. The summed E-state index contributed by atoms with van der Waals surface area (Å²) in [6.07, 6.45) is 18.8. The molecule has 3 heterocycles. The van der Waals surface area contributed by atoms with Gasteiger partial charge in [-0.25, -0.2) is 4.79 Å². The number of cyclic esters (lactones) is 1. The number of aliphatic hydroxyl groups is 3. The Balaban J connectivity index is 1.67. The highest BCUT2D eigenvalue weighted by Crippen LogP contribution is 2.37. The number of hydrogen-bond acceptors (Lipinski definition) is 14. The lowest BCUT2D eigenvalue weighted by molar-refractivity contribution is -0.265. The number of hydrogen-bond donors (Lipinski definition) is 4. The molecular weight excluding hydrogens is 909 g/mol. The molecule has 3 fully saturated rings. The molecule has 0 aromatic carbocycles. The Labute approximate surface area is 424 Å². The molecule has 15 heteroatoms. The summed E-state index contributed by atoms with van der Waals surface area (Å²) in [7, 11) is 4.63. The van der Waals surface area contributed by atoms with E-state index in [1.165, 1.54) is 12.0 Å². The largest absolute Gasteiger partial charge is 0.459 e. The van der Waals surface area contributed by atoms with E-state index in [1.54, 1.807) is 41.1 Å². The van der Waals surface area contributed by atoms with E-state index in [4.69, 9.17) is 40.6 Å². The number of rotatable bonds is 11. The predicted octanol–water partition coefficient (Wildman–Crippen LogP) is 6.49. The van der Waals surface area contributed by atoms with Gasteiger partial charge in [0.05, 0.1) is 30.5 Å². The molecule has 16 atom stereocenters. The van der Waals surface area contributed by atoms with Crippen molar-refractivity contribution in [1.82, 2.24) is 4.90 Å². The third-order valence-electron chi connectivity index (χ3n) is 15.4. The molecule has 0 unspecified atom stereocenters. The predicted molar refractivity (Wildman–Crippen MR) is 271 cm³/mol. The van der Waals surface area contributed by atoms with Crippen LogP contribution in [0.1, 0.15) is 138 Å². The highest BCUT2D eigenvalue weighted by molar-refractivity contribution is 6.39. The molecular formula is C56H88N2O13. The molecule has 15 nitrogen and oxygen atoms in total. The van der Waals surface area contributed by atoms with Crippen molar-refractivity contribution < 1.29 is 62.9 Å². The number of methoxy groups -OCH3 is 3. The van der Waals surface area contributed by atoms with Crippen LogP contribution in [0.2, 0.25) is 0 Å². The maximum absolute atomic E-state index is 14.5. The topological polar surface area (TPSA) is 214 Å². The molecule has 1 aliphatic carbocycles. The zero-order valence-electron chi connectivity index (χ0n) is 44.2. The number of nitrogens with zero attached hydrogens (tertiary/aromatic N) is 1. The number of piperidine rings is 1. The number of carbonyl (C=O) groups is 4. The summed E-state index contributed by atoms with van der Waals surface area (Å²) in [5, 5.41) is 35.4. The molecule has 1 saturated carbocycles. The van der Waals surface area contributed by atoms with Crippen LogP contribution in [0.4, 0.5) is 0 Å². The highest BCUT2D eigenvalue weighted by atomic mass is 16.6. The van der Waals surface area contributed by atoms with E-state index in [1.807, 2.05) is 51.2 Å². The van der Waals surface area contributed by atoms with E-state index in [0.717, 1.165) is 31.3 Å². The van der Waals surface area contributed by atoms with Crippen molar-refractivity contribution in [3.8, 4) is 12.3 Å². The van der Waals surface area contributed by atoms with Crippen LogP contribution < -0.4 is 5.73 Å². The quantitative estimate of drug-likeness (QED) is 0.0573. The van der Waals surface area contributed by atoms with Crippen LogP contribution in [0.25, 0.3) is 0 Å². The zero-order chi connectivity index (χ0) is 52.4. The van der Waals surface area contributed by atoms with Gasteiger partial charge in [0.2, 0.25) is 5.79 Å². The van der Waals surface area contributed by atoms with Gasteiger partial charge in [0.15, 0.2) is 5.78 Å². The second-order valence-electron chi connectivity index (χ2n) is 21.0. The zero-order valence-corrected chi connectivity index (χ0v) is 44.2. The van der Waals surface area contributed by atoms with Gasteiger partial charge >= 0.3 is 5.97 Å². The highest BCUT2D eigenvalue weighted by Gasteiger charge is 2.53. The molecule has 400 valence electrons. The summed E-state index contributed by atoms with van der Waals surface area (Å²) in [6.45, 7) is 11.5. The first-order chi connectivity index (χ1) is 33.8. The second kappa shape index (κ2) is 29.4. The molecule has 4 aliphatic rings. The Morgan fingerprint density at radius 3 is 2.31 bits per heavy atom. The number of esters is 1. The van der Waals surface area contributed by atoms with Crippen molar-refractivity contribution in [2.24, 2.45) is 35.3 Å². The lowest BCUT2D eigenvalue weighted by Gasteiger charge is -2.43. The molecule has 5 N–H and O–H groups in total. The van der Waals surface area contributed by atoms with Crippen LogP contribution in [0, 0.1) is 41.9 Å². The number of carbonyl (C=O) groups excluding carboxylic acids is 4. The van der Waals surface area contributed by atoms with Crippen LogP contribution >= 0.6 is 0 Å². The number of allylic oxidation sites excluding steroid dienone is 5. The van der Waals surface area contributed by atoms with Crippen LogP contribution in [0.15, 0.2) is 47.6 Å². The summed E-state index contributed by atoms with van der Waals surface area (Å²) in [6, 6.07) is -1.92. The van der Waals surface area contributed by atoms with Crippen molar-refractivity contribution in [1.29, 1.82) is 0 Å². The number of aliphatic hydroxyl groups excluding tert-OH is 2. The minimum absolute atomic E-state index is 0.0199. The lowest BCUT2D eigenvalue weighted by atomic mass is 9.80. The van der Waals surface area contributed by atoms with E-state index < -0.39 is 89.9 Å². The van der Waals surface area contributed by atoms with Gasteiger partial charge < -0.3 is 54.4 Å². The molecule has 0 radical (unpaired) electrons. The number of unbranched alkanes of at least 4 members (excludes halogenated alkanes) is 2. The first-order valence-electron chi connectivity index (χ1n) is 26.2. The molecule has 3 aliphatic heterocycles. The van der Waals surface area contributed by atoms with Crippen LogP contribution in [0.5, 0.6) is 0 Å². The minimum atomic E-state index is -2.44. The lowest BCUT2D eigenvalue weighted by Crippen LogP contribution is -2.61. The number of ketones is 2. The minimum Gasteiger partial charge on any atom is -0.459 e. The number of amides is 1. The number of fused-ring (bicyclic) bond motifs is 3. The van der Waals surface area contributed by atoms with Crippen molar-refractivity contribution in [2.45, 2.75) is 205 Å². The van der Waals surface area contributed by atoms with Crippen molar-refractivity contribution in [2.75, 3.05) is 34.5 Å². The molecule has 0 spiro atoms. The third-order valence-corrected chi connectivity index (χ3v) is 15.4. The normalized spacial score (nSPS) is 38.9. The SMILES string of the molecule is C#CCCCCO[C@@H]1CC[C@@H](C[C@@H](N)[C@@H]2C[C@@H](O)[C@H](C)/C=C(\C)[C@@H](O)[C@@H](OC)C(=O)[C@H](C)C[C@H](C)/C=C/C=C/C=C(\C)[C@@H](OC)C[C@@H]3CC[C@@H](C)[C@@](O)(O3)C(=O)C(=O)N3CCCC[C@H]3C(=O)O2)C[C@H]1OC. The van der Waals surface area contributed by atoms with E-state index in [-0.39, 0.29) is 49.2 Å². The Hall–Kier alpha value is -3.56. The first kappa shape index (κ1) is 60.0. The average molecular weight is 997 g/mol. The summed E-state index contributed by atoms with van der Waals surface area (Å²) in [5.41, 5.74) is 8.32. The molecule has 0 aromatic rings. The van der Waals surface area contributed by atoms with Gasteiger partial charge in [-0.2, -0.15) is 0 Å². The molecule has 0 aromatic heterocycles. The van der Waals surface area contributed by atoms with Gasteiger partial charge in [0.1, 0.15) is 24.4 Å². The Morgan fingerprint density at radius 1 is 0.873 bits per heavy atom. The number of terminal acetylenes is 1. The Morgan fingerprint density at radius 2 is 1.62 bits per heavy atom. The Kier molecular flexibility index (Phi) is 24.8. The van der Waals surface area contributed by atoms with Gasteiger partial charge in [-0.15, -0.1) is 12.3 Å². The maximum atomic E-state index is 14.5. The standard InChI is InChI=1S/C56H88N2O13/c1-11-12-13-19-28-69-46-26-24-41(32-49(46)67-9)31-43(57)48-34-45(59)37(4)30-39(6)51(61)52(68-10)50(60)38(5)29-35(2)20-15-14-16-21-36(3)47(66-8)33-42-25-23-40(7)56(65,71-42)53(62)54(63)58-27-18-17-22-44(58)55(64)70-48/h1,14-16,20-21,30,35,37-38,40-49,51-52,59,61,65H,12-13,17-19,22-29,31-34,57H2,2-10H3/b16-14+,20-15+,36-21+,39-30+/t35-,37-,38-,40-,41+,42+,43-,44+,45-,46-,47+,48+,49-,51-,52+,56-/m1/s1. The first-order valence-corrected chi connectivity index (χ1v) is 26.2. The molecule has 2 saturated heterocycles. The van der Waals surface area contributed by atoms with E-state index in [9.17, 15) is 34.5 Å². The number of Topliss-reactive ketones (excluding diaryl/α,β-unsaturated/α-hetero) is 2. The molecule has 2 bridgehead atoms. The van der Waals surface area contributed by atoms with Crippen molar-refractivity contribution >= 4 is 23.4 Å². The van der Waals surface area contributed by atoms with Gasteiger partial charge in [-0.05, 0) is 114 Å². The fourth-order valence-electron chi connectivity index (χ4n) is 10.8. The van der Waals surface area contributed by atoms with Crippen molar-refractivity contribution in [3.63, 3.8) is 0 Å². The third kappa shape index (κ3) is 17.0.